The van der Waals surface area contributed by atoms with Crippen LogP contribution in [0, 0.1) is 11.3 Å². The number of nitrogens with zero attached hydrogens (tertiary/aromatic N) is 4. The predicted molar refractivity (Wildman–Crippen MR) is 105 cm³/mol. The first-order valence-corrected chi connectivity index (χ1v) is 9.38. The summed E-state index contributed by atoms with van der Waals surface area (Å²) in [7, 11) is 0. The maximum atomic E-state index is 9.50. The molecule has 0 amide bonds. The van der Waals surface area contributed by atoms with E-state index in [1.165, 1.54) is 0 Å². The third-order valence-electron chi connectivity index (χ3n) is 5.18. The van der Waals surface area contributed by atoms with Crippen LogP contribution in [-0.4, -0.2) is 23.1 Å². The molecule has 1 saturated heterocycles. The number of para-hydroxylation sites is 2. The molecular formula is C22H18N4O2. The molecule has 1 aliphatic heterocycles. The van der Waals surface area contributed by atoms with Crippen LogP contribution in [0.1, 0.15) is 30.3 Å². The van der Waals surface area contributed by atoms with E-state index < -0.39 is 0 Å². The smallest absolute Gasteiger partial charge is 0.235 e. The lowest BCUT2D eigenvalue weighted by atomic mass is 9.97. The Morgan fingerprint density at radius 1 is 0.929 bits per heavy atom. The maximum Gasteiger partial charge on any atom is 0.235 e. The first kappa shape index (κ1) is 16.6. The molecule has 3 heterocycles. The zero-order valence-electron chi connectivity index (χ0n) is 15.2. The Morgan fingerprint density at radius 2 is 1.68 bits per heavy atom. The highest BCUT2D eigenvalue weighted by atomic mass is 16.4. The summed E-state index contributed by atoms with van der Waals surface area (Å²) >= 11 is 0. The van der Waals surface area contributed by atoms with Gasteiger partial charge in [-0.05, 0) is 37.1 Å². The van der Waals surface area contributed by atoms with Crippen LogP contribution in [0.3, 0.4) is 0 Å². The van der Waals surface area contributed by atoms with Crippen LogP contribution < -0.4 is 4.90 Å². The van der Waals surface area contributed by atoms with Gasteiger partial charge in [0.05, 0.1) is 0 Å². The number of anilines is 1. The molecule has 0 N–H and O–H groups in total. The van der Waals surface area contributed by atoms with Crippen LogP contribution in [-0.2, 0) is 0 Å². The monoisotopic (exact) mass is 370 g/mol. The molecule has 0 spiro atoms. The third kappa shape index (κ3) is 2.91. The molecule has 0 atom stereocenters. The van der Waals surface area contributed by atoms with Gasteiger partial charge in [-0.25, -0.2) is 4.98 Å². The molecule has 0 aliphatic carbocycles. The van der Waals surface area contributed by atoms with Gasteiger partial charge in [0, 0.05) is 24.6 Å². The zero-order chi connectivity index (χ0) is 18.9. The molecule has 138 valence electrons. The van der Waals surface area contributed by atoms with Crippen molar-refractivity contribution in [1.29, 1.82) is 5.26 Å². The minimum Gasteiger partial charge on any atom is -0.440 e. The molecule has 2 aromatic heterocycles. The summed E-state index contributed by atoms with van der Waals surface area (Å²) in [5.74, 6) is 2.10. The van der Waals surface area contributed by atoms with Crippen molar-refractivity contribution in [3.8, 4) is 17.5 Å². The number of aromatic nitrogens is 2. The van der Waals surface area contributed by atoms with Crippen molar-refractivity contribution in [3.63, 3.8) is 0 Å². The van der Waals surface area contributed by atoms with E-state index >= 15 is 0 Å². The molecule has 6 nitrogen and oxygen atoms in total. The average Bonchev–Trinajstić information content (AvgIpc) is 3.39. The number of nitriles is 1. The summed E-state index contributed by atoms with van der Waals surface area (Å²) in [6, 6.07) is 19.7. The van der Waals surface area contributed by atoms with Crippen molar-refractivity contribution in [2.24, 2.45) is 0 Å². The minimum atomic E-state index is 0.269. The van der Waals surface area contributed by atoms with Gasteiger partial charge < -0.3 is 13.7 Å². The molecule has 1 aliphatic rings. The van der Waals surface area contributed by atoms with E-state index in [2.05, 4.69) is 20.9 Å². The Labute approximate surface area is 162 Å². The number of rotatable bonds is 3. The van der Waals surface area contributed by atoms with Crippen molar-refractivity contribution in [3.05, 3.63) is 66.2 Å². The second-order valence-electron chi connectivity index (χ2n) is 6.93. The normalized spacial score (nSPS) is 15.0. The van der Waals surface area contributed by atoms with Gasteiger partial charge in [0.15, 0.2) is 11.5 Å². The molecule has 4 aromatic rings. The van der Waals surface area contributed by atoms with Crippen LogP contribution in [0.15, 0.2) is 63.4 Å². The Balaban J connectivity index is 1.35. The maximum absolute atomic E-state index is 9.50. The largest absolute Gasteiger partial charge is 0.440 e. The van der Waals surface area contributed by atoms with E-state index in [9.17, 15) is 5.26 Å². The quantitative estimate of drug-likeness (QED) is 0.518. The lowest BCUT2D eigenvalue weighted by molar-refractivity contribution is 0.397. The summed E-state index contributed by atoms with van der Waals surface area (Å²) in [6.07, 6.45) is 1.78. The van der Waals surface area contributed by atoms with Gasteiger partial charge in [0.25, 0.3) is 0 Å². The van der Waals surface area contributed by atoms with Crippen LogP contribution in [0.5, 0.6) is 0 Å². The standard InChI is InChI=1S/C22H18N4O2/c23-14-18-22(28-21(25-18)15-6-2-1-3-7-15)26-12-10-16(11-13-26)20-24-17-8-4-5-9-19(17)27-20/h1-9,16H,10-13H2. The minimum absolute atomic E-state index is 0.269. The summed E-state index contributed by atoms with van der Waals surface area (Å²) < 4.78 is 11.9. The molecule has 1 fully saturated rings. The van der Waals surface area contributed by atoms with E-state index in [1.54, 1.807) is 0 Å². The van der Waals surface area contributed by atoms with Gasteiger partial charge in [-0.1, -0.05) is 30.3 Å². The van der Waals surface area contributed by atoms with E-state index in [-0.39, 0.29) is 5.92 Å². The Bertz CT molecular complexity index is 1120. The number of hydrogen-bond donors (Lipinski definition) is 0. The van der Waals surface area contributed by atoms with Crippen molar-refractivity contribution >= 4 is 17.0 Å². The van der Waals surface area contributed by atoms with E-state index in [0.29, 0.717) is 17.5 Å². The van der Waals surface area contributed by atoms with Crippen molar-refractivity contribution in [1.82, 2.24) is 9.97 Å². The zero-order valence-corrected chi connectivity index (χ0v) is 15.2. The van der Waals surface area contributed by atoms with Crippen molar-refractivity contribution < 1.29 is 8.83 Å². The lowest BCUT2D eigenvalue weighted by Crippen LogP contribution is -2.33. The fourth-order valence-electron chi connectivity index (χ4n) is 3.70. The van der Waals surface area contributed by atoms with Gasteiger partial charge in [0.1, 0.15) is 11.6 Å². The number of fused-ring (bicyclic) bond motifs is 1. The fraction of sp³-hybridized carbons (Fsp3) is 0.227. The number of oxazole rings is 2. The number of hydrogen-bond acceptors (Lipinski definition) is 6. The summed E-state index contributed by atoms with van der Waals surface area (Å²) in [5, 5.41) is 9.50. The predicted octanol–water partition coefficient (Wildman–Crippen LogP) is 4.74. The van der Waals surface area contributed by atoms with Crippen molar-refractivity contribution in [2.45, 2.75) is 18.8 Å². The highest BCUT2D eigenvalue weighted by molar-refractivity contribution is 5.72. The average molecular weight is 370 g/mol. The van der Waals surface area contributed by atoms with Crippen LogP contribution in [0.4, 0.5) is 5.88 Å². The first-order chi connectivity index (χ1) is 13.8. The molecular weight excluding hydrogens is 352 g/mol. The number of piperidine rings is 1. The number of benzene rings is 2. The van der Waals surface area contributed by atoms with Crippen LogP contribution >= 0.6 is 0 Å². The fourth-order valence-corrected chi connectivity index (χ4v) is 3.70. The van der Waals surface area contributed by atoms with Crippen LogP contribution in [0.25, 0.3) is 22.6 Å². The topological polar surface area (TPSA) is 79.1 Å². The highest BCUT2D eigenvalue weighted by Crippen LogP contribution is 2.34. The Morgan fingerprint density at radius 3 is 2.43 bits per heavy atom. The molecule has 0 bridgehead atoms. The molecule has 5 rings (SSSR count). The van der Waals surface area contributed by atoms with Gasteiger partial charge >= 0.3 is 0 Å². The lowest BCUT2D eigenvalue weighted by Gasteiger charge is -2.30. The molecule has 0 unspecified atom stereocenters. The van der Waals surface area contributed by atoms with E-state index in [1.807, 2.05) is 54.6 Å². The highest BCUT2D eigenvalue weighted by Gasteiger charge is 2.28. The molecule has 28 heavy (non-hydrogen) atoms. The van der Waals surface area contributed by atoms with Gasteiger partial charge in [0.2, 0.25) is 17.5 Å². The van der Waals surface area contributed by atoms with Gasteiger partial charge in [-0.3, -0.25) is 0 Å². The summed E-state index contributed by atoms with van der Waals surface area (Å²) in [4.78, 5) is 11.1. The van der Waals surface area contributed by atoms with E-state index in [4.69, 9.17) is 8.83 Å². The summed E-state index contributed by atoms with van der Waals surface area (Å²) in [5.41, 5.74) is 2.93. The molecule has 0 radical (unpaired) electrons. The van der Waals surface area contributed by atoms with Crippen molar-refractivity contribution in [2.75, 3.05) is 18.0 Å². The first-order valence-electron chi connectivity index (χ1n) is 9.38. The second kappa shape index (κ2) is 6.86. The Hall–Kier alpha value is -3.59. The van der Waals surface area contributed by atoms with Gasteiger partial charge in [-0.2, -0.15) is 10.2 Å². The second-order valence-corrected chi connectivity index (χ2v) is 6.93. The molecule has 6 heteroatoms. The molecule has 2 aromatic carbocycles. The van der Waals surface area contributed by atoms with Crippen LogP contribution in [0.2, 0.25) is 0 Å². The van der Waals surface area contributed by atoms with Gasteiger partial charge in [-0.15, -0.1) is 0 Å². The molecule has 0 saturated carbocycles. The van der Waals surface area contributed by atoms with E-state index in [0.717, 1.165) is 48.5 Å². The third-order valence-corrected chi connectivity index (χ3v) is 5.18. The SMILES string of the molecule is N#Cc1nc(-c2ccccc2)oc1N1CCC(c2nc3ccccc3o2)CC1. The Kier molecular flexibility index (Phi) is 4.06. The summed E-state index contributed by atoms with van der Waals surface area (Å²) in [6.45, 7) is 1.53.